The summed E-state index contributed by atoms with van der Waals surface area (Å²) in [7, 11) is 0. The number of aliphatic hydroxyl groups excluding tert-OH is 6. The zero-order valence-electron chi connectivity index (χ0n) is 46.0. The predicted molar refractivity (Wildman–Crippen MR) is 275 cm³/mol. The van der Waals surface area contributed by atoms with Crippen LogP contribution in [0.25, 0.3) is 0 Å². The Morgan fingerprint density at radius 2 is 1.48 bits per heavy atom. The quantitative estimate of drug-likeness (QED) is 0.0439. The summed E-state index contributed by atoms with van der Waals surface area (Å²) in [5.41, 5.74) is 26.5. The van der Waals surface area contributed by atoms with Gasteiger partial charge in [-0.25, -0.2) is 4.79 Å². The highest BCUT2D eigenvalue weighted by Crippen LogP contribution is 2.67. The van der Waals surface area contributed by atoms with Gasteiger partial charge >= 0.3 is 6.09 Å². The molecule has 21 heteroatoms. The van der Waals surface area contributed by atoms with Crippen molar-refractivity contribution in [2.45, 2.75) is 234 Å². The van der Waals surface area contributed by atoms with Crippen LogP contribution in [0.15, 0.2) is 11.6 Å². The number of carbonyl (C=O) groups excluding carboxylic acids is 1. The number of allylic oxidation sites excluding steroid dienone is 1. The minimum atomic E-state index is -1.43. The fourth-order valence-corrected chi connectivity index (χ4v) is 16.8. The molecule has 75 heavy (non-hydrogen) atoms. The molecule has 0 aromatic rings. The van der Waals surface area contributed by atoms with Crippen molar-refractivity contribution in [1.29, 1.82) is 0 Å². The molecule has 0 aromatic carbocycles. The standard InChI is InChI=1S/C54H97N7O13S/c1-25(2)7-6-8-26(3)31-11-12-32-30-10-9-28-20-29(13-15-53(28,4)33(30)14-16-54(31,32)5)69-52(68)61-17-18-75-24-38-48(73-50-40(60)45(66)43(64)37(23-56)71-50)46(67)51(72-38)74-49-42(63)34(57)21-35(58)47(49)70-36-19-27(22-55)41(62)44(65)39(36)59/h9,25-27,29-51,62-67H,6-8,10-24,55-60H2,1-5H3,(H,61,68)/p+6/t26?,27?,29?,30?,31?,32?,33?,34-,35?,36+,37?,38-,39?,40-,41-,42?,43-,44-,45?,46?,47-,48+,49-,50-,51+,53?,54?/m1/s1. The van der Waals surface area contributed by atoms with E-state index in [1.807, 2.05) is 0 Å². The number of fused-ring (bicyclic) bond motifs is 5. The van der Waals surface area contributed by atoms with Crippen LogP contribution >= 0.6 is 11.8 Å². The van der Waals surface area contributed by atoms with Gasteiger partial charge in [0.1, 0.15) is 91.8 Å². The molecule has 8 aliphatic rings. The highest BCUT2D eigenvalue weighted by molar-refractivity contribution is 7.99. The summed E-state index contributed by atoms with van der Waals surface area (Å²) in [6.45, 7) is 13.2. The number of thioether (sulfide) groups is 1. The van der Waals surface area contributed by atoms with Gasteiger partial charge in [-0.3, -0.25) is 0 Å². The van der Waals surface area contributed by atoms with Gasteiger partial charge in [0.15, 0.2) is 12.3 Å². The SMILES string of the molecule is CC(C)CCCC(C)C1CCC2C3CC=C4CC(OC(=O)NCCSC[C@H]5O[C@@H](O[C@@H]6C(O)[C@H]([NH3+])CC([NH3+])[C@H]6O[C@H]6CC(C[NH3+])[C@@H](O)[C@H](O)C6[NH3+])C(O)[C@H]5O[C@H]5OC(C[NH3+])[C@@H](O)C(O)[C@H]5[NH3+])CCC4(C)C3CCC12C. The Morgan fingerprint density at radius 3 is 2.20 bits per heavy atom. The first-order chi connectivity index (χ1) is 35.6. The lowest BCUT2D eigenvalue weighted by molar-refractivity contribution is -0.520. The maximum Gasteiger partial charge on any atom is 0.407 e. The Hall–Kier alpha value is -1.32. The van der Waals surface area contributed by atoms with Gasteiger partial charge in [0, 0.05) is 30.4 Å². The lowest BCUT2D eigenvalue weighted by Crippen LogP contribution is -2.83. The third kappa shape index (κ3) is 12.5. The molecule has 0 radical (unpaired) electrons. The number of nitrogens with one attached hydrogen (secondary N) is 1. The number of hydrogen-bond donors (Lipinski definition) is 13. The lowest BCUT2D eigenvalue weighted by Gasteiger charge is -2.58. The predicted octanol–water partition coefficient (Wildman–Crippen LogP) is -3.66. The molecule has 5 saturated carbocycles. The molecule has 6 aliphatic carbocycles. The van der Waals surface area contributed by atoms with Crippen LogP contribution in [0.1, 0.15) is 118 Å². The number of rotatable bonds is 19. The average molecular weight is 1090 g/mol. The fourth-order valence-electron chi connectivity index (χ4n) is 15.9. The van der Waals surface area contributed by atoms with Gasteiger partial charge in [0.25, 0.3) is 0 Å². The van der Waals surface area contributed by atoms with E-state index in [4.69, 9.17) is 28.4 Å². The molecule has 25 N–H and O–H groups in total. The Kier molecular flexibility index (Phi) is 20.1. The number of ether oxygens (including phenoxy) is 6. The molecule has 27 atom stereocenters. The van der Waals surface area contributed by atoms with E-state index in [0.717, 1.165) is 55.3 Å². The molecule has 2 saturated heterocycles. The molecular formula is C54H103N7O13S+6. The third-order valence-corrected chi connectivity index (χ3v) is 21.6. The lowest BCUT2D eigenvalue weighted by atomic mass is 9.47. The van der Waals surface area contributed by atoms with Crippen molar-refractivity contribution in [2.75, 3.05) is 31.1 Å². The van der Waals surface area contributed by atoms with Crippen molar-refractivity contribution in [1.82, 2.24) is 5.32 Å². The minimum Gasteiger partial charge on any atom is -0.446 e. The van der Waals surface area contributed by atoms with Crippen molar-refractivity contribution in [2.24, 2.45) is 52.3 Å². The van der Waals surface area contributed by atoms with E-state index in [1.165, 1.54) is 62.3 Å². The van der Waals surface area contributed by atoms with Gasteiger partial charge < -0.3 is 98.8 Å². The molecule has 1 amide bonds. The highest BCUT2D eigenvalue weighted by Gasteiger charge is 2.60. The zero-order valence-corrected chi connectivity index (χ0v) is 46.8. The van der Waals surface area contributed by atoms with E-state index in [9.17, 15) is 35.4 Å². The van der Waals surface area contributed by atoms with Crippen molar-refractivity contribution in [3.8, 4) is 0 Å². The van der Waals surface area contributed by atoms with Crippen LogP contribution in [0, 0.1) is 52.3 Å². The van der Waals surface area contributed by atoms with E-state index >= 15 is 0 Å². The molecule has 2 heterocycles. The average Bonchev–Trinajstić information content (AvgIpc) is 3.91. The summed E-state index contributed by atoms with van der Waals surface area (Å²) in [5.74, 6) is 5.06. The topological polar surface area (TPSA) is 372 Å². The molecule has 432 valence electrons. The zero-order chi connectivity index (χ0) is 54.3. The first kappa shape index (κ1) is 59.8. The van der Waals surface area contributed by atoms with Crippen LogP contribution < -0.4 is 39.7 Å². The number of amides is 1. The molecule has 20 nitrogen and oxygen atoms in total. The summed E-state index contributed by atoms with van der Waals surface area (Å²) in [5, 5.41) is 69.7. The summed E-state index contributed by atoms with van der Waals surface area (Å²) in [6, 6.07) is -2.52. The van der Waals surface area contributed by atoms with Gasteiger partial charge in [0.2, 0.25) is 6.29 Å². The van der Waals surface area contributed by atoms with Crippen LogP contribution in [0.2, 0.25) is 0 Å². The van der Waals surface area contributed by atoms with Crippen molar-refractivity contribution < 1.29 is 98.3 Å². The highest BCUT2D eigenvalue weighted by atomic mass is 32.2. The third-order valence-electron chi connectivity index (χ3n) is 20.5. The Balaban J connectivity index is 0.859. The molecule has 0 spiro atoms. The van der Waals surface area contributed by atoms with Crippen molar-refractivity contribution >= 4 is 17.9 Å². The molecule has 7 fully saturated rings. The number of hydrogen-bond acceptors (Lipinski definition) is 14. The second kappa shape index (κ2) is 25.2. The Labute approximate surface area is 449 Å². The molecule has 0 aromatic heterocycles. The van der Waals surface area contributed by atoms with Crippen LogP contribution in [0.3, 0.4) is 0 Å². The van der Waals surface area contributed by atoms with E-state index in [1.54, 1.807) is 0 Å². The van der Waals surface area contributed by atoms with Crippen LogP contribution in [0.5, 0.6) is 0 Å². The monoisotopic (exact) mass is 1090 g/mol. The van der Waals surface area contributed by atoms with Crippen LogP contribution in [0.4, 0.5) is 4.79 Å². The smallest absolute Gasteiger partial charge is 0.407 e. The van der Waals surface area contributed by atoms with E-state index in [2.05, 4.69) is 80.4 Å². The first-order valence-electron chi connectivity index (χ1n) is 29.1. The number of carbonyl (C=O) groups is 1. The van der Waals surface area contributed by atoms with Gasteiger partial charge in [-0.05, 0) is 97.7 Å². The van der Waals surface area contributed by atoms with Crippen LogP contribution in [-0.2, 0) is 28.4 Å². The van der Waals surface area contributed by atoms with Crippen LogP contribution in [-0.4, -0.2) is 184 Å². The number of aliphatic hydroxyl groups is 6. The van der Waals surface area contributed by atoms with Gasteiger partial charge in [-0.1, -0.05) is 65.5 Å². The molecule has 8 rings (SSSR count). The summed E-state index contributed by atoms with van der Waals surface area (Å²) < 4.78 is 38.1. The maximum atomic E-state index is 13.3. The fraction of sp³-hybridized carbons (Fsp3) is 0.944. The maximum absolute atomic E-state index is 13.3. The molecule has 2 aliphatic heterocycles. The summed E-state index contributed by atoms with van der Waals surface area (Å²) >= 11 is 1.47. The number of quaternary nitrogens is 6. The van der Waals surface area contributed by atoms with E-state index in [0.29, 0.717) is 43.0 Å². The van der Waals surface area contributed by atoms with E-state index in [-0.39, 0.29) is 29.7 Å². The van der Waals surface area contributed by atoms with Crippen molar-refractivity contribution in [3.05, 3.63) is 11.6 Å². The first-order valence-corrected chi connectivity index (χ1v) is 30.2. The Morgan fingerprint density at radius 1 is 0.760 bits per heavy atom. The van der Waals surface area contributed by atoms with Gasteiger partial charge in [-0.2, -0.15) is 11.8 Å². The molecule has 15 unspecified atom stereocenters. The second-order valence-corrected chi connectivity index (χ2v) is 26.7. The largest absolute Gasteiger partial charge is 0.446 e. The van der Waals surface area contributed by atoms with Gasteiger partial charge in [0.05, 0.1) is 25.2 Å². The second-order valence-electron chi connectivity index (χ2n) is 25.6. The minimum absolute atomic E-state index is 0.145. The number of alkyl carbamates (subject to hydrolysis) is 1. The summed E-state index contributed by atoms with van der Waals surface area (Å²) in [6.07, 6.45) is 0.983. The van der Waals surface area contributed by atoms with Gasteiger partial charge in [-0.15, -0.1) is 0 Å². The molecule has 0 bridgehead atoms. The van der Waals surface area contributed by atoms with E-state index < -0.39 is 116 Å². The summed E-state index contributed by atoms with van der Waals surface area (Å²) in [4.78, 5) is 13.3. The normalized spacial score (nSPS) is 48.4. The Bertz CT molecular complexity index is 1900. The van der Waals surface area contributed by atoms with Crippen molar-refractivity contribution in [3.63, 3.8) is 0 Å². The molecular weight excluding hydrogens is 987 g/mol.